The number of hydrogen-bond acceptors (Lipinski definition) is 9. The monoisotopic (exact) mass is 528 g/mol. The molecule has 2 aromatic heterocycles. The van der Waals surface area contributed by atoms with Gasteiger partial charge in [0.05, 0.1) is 24.4 Å². The van der Waals surface area contributed by atoms with Crippen LogP contribution in [0.5, 0.6) is 0 Å². The second kappa shape index (κ2) is 11.8. The van der Waals surface area contributed by atoms with Crippen molar-refractivity contribution < 1.29 is 29.3 Å². The van der Waals surface area contributed by atoms with Crippen LogP contribution >= 0.6 is 22.9 Å². The number of aliphatic hydroxyl groups is 1. The molecular formula is C21H29ClN6O6S. The van der Waals surface area contributed by atoms with Crippen molar-refractivity contribution in [1.29, 1.82) is 0 Å². The van der Waals surface area contributed by atoms with E-state index in [0.29, 0.717) is 43.4 Å². The summed E-state index contributed by atoms with van der Waals surface area (Å²) >= 11 is 6.95. The molecule has 2 amide bonds. The first-order chi connectivity index (χ1) is 16.7. The fourth-order valence-electron chi connectivity index (χ4n) is 3.69. The van der Waals surface area contributed by atoms with Gasteiger partial charge in [-0.05, 0) is 26.7 Å². The number of halogens is 1. The van der Waals surface area contributed by atoms with Gasteiger partial charge in [0.2, 0.25) is 0 Å². The van der Waals surface area contributed by atoms with Gasteiger partial charge in [-0.25, -0.2) is 14.8 Å². The first kappa shape index (κ1) is 26.9. The number of hydrogen-bond donors (Lipinski definition) is 5. The molecule has 1 aliphatic rings. The predicted octanol–water partition coefficient (Wildman–Crippen LogP) is 1.30. The Morgan fingerprint density at radius 3 is 2.66 bits per heavy atom. The van der Waals surface area contributed by atoms with E-state index in [0.717, 1.165) is 11.3 Å². The summed E-state index contributed by atoms with van der Waals surface area (Å²) in [7, 11) is 0. The highest BCUT2D eigenvalue weighted by molar-refractivity contribution is 7.17. The number of aromatic nitrogens is 3. The van der Waals surface area contributed by atoms with E-state index in [1.54, 1.807) is 6.92 Å². The zero-order valence-electron chi connectivity index (χ0n) is 19.6. The summed E-state index contributed by atoms with van der Waals surface area (Å²) in [6, 6.07) is -0.867. The highest BCUT2D eigenvalue weighted by Gasteiger charge is 2.34. The molecule has 1 saturated heterocycles. The van der Waals surface area contributed by atoms with Crippen LogP contribution in [0.15, 0.2) is 0 Å². The molecule has 1 aliphatic heterocycles. The van der Waals surface area contributed by atoms with Gasteiger partial charge in [0.25, 0.3) is 11.8 Å². The number of carboxylic acids is 1. The maximum atomic E-state index is 12.7. The Bertz CT molecular complexity index is 1070. The number of aliphatic hydroxyl groups excluding tert-OH is 1. The number of piperidine rings is 1. The number of nitrogens with zero attached hydrogens (tertiary/aromatic N) is 3. The molecule has 35 heavy (non-hydrogen) atoms. The van der Waals surface area contributed by atoms with Gasteiger partial charge in [-0.1, -0.05) is 29.9 Å². The number of carbonyl (C=O) groups is 3. The number of rotatable bonds is 10. The highest BCUT2D eigenvalue weighted by atomic mass is 35.5. The summed E-state index contributed by atoms with van der Waals surface area (Å²) in [4.78, 5) is 49.9. The number of H-pyrrole nitrogens is 1. The molecule has 1 fully saturated rings. The van der Waals surface area contributed by atoms with Crippen LogP contribution in [0.2, 0.25) is 5.15 Å². The van der Waals surface area contributed by atoms with Gasteiger partial charge in [0, 0.05) is 25.7 Å². The Balaban J connectivity index is 1.75. The van der Waals surface area contributed by atoms with Crippen molar-refractivity contribution >= 4 is 45.9 Å². The number of aromatic carboxylic acids is 1. The third-order valence-electron chi connectivity index (χ3n) is 5.50. The summed E-state index contributed by atoms with van der Waals surface area (Å²) in [6.07, 6.45) is 0.707. The van der Waals surface area contributed by atoms with Crippen molar-refractivity contribution in [3.05, 3.63) is 27.2 Å². The summed E-state index contributed by atoms with van der Waals surface area (Å²) < 4.78 is 5.87. The van der Waals surface area contributed by atoms with Crippen molar-refractivity contribution in [2.24, 2.45) is 0 Å². The number of anilines is 1. The van der Waals surface area contributed by atoms with Crippen LogP contribution in [0.1, 0.15) is 63.7 Å². The lowest BCUT2D eigenvalue weighted by molar-refractivity contribution is 0.0271. The van der Waals surface area contributed by atoms with Gasteiger partial charge in [0.1, 0.15) is 4.88 Å². The Morgan fingerprint density at radius 2 is 2.06 bits per heavy atom. The molecule has 12 nitrogen and oxygen atoms in total. The van der Waals surface area contributed by atoms with Crippen LogP contribution in [0, 0.1) is 0 Å². The first-order valence-electron chi connectivity index (χ1n) is 11.3. The Kier molecular flexibility index (Phi) is 9.05. The molecule has 192 valence electrons. The quantitative estimate of drug-likeness (QED) is 0.305. The molecule has 3 heterocycles. The molecule has 5 N–H and O–H groups in total. The van der Waals surface area contributed by atoms with Crippen LogP contribution in [-0.4, -0.2) is 87.4 Å². The van der Waals surface area contributed by atoms with Crippen molar-refractivity contribution in [3.63, 3.8) is 0 Å². The van der Waals surface area contributed by atoms with Crippen LogP contribution in [0.25, 0.3) is 0 Å². The largest absolute Gasteiger partial charge is 0.477 e. The summed E-state index contributed by atoms with van der Waals surface area (Å²) in [5.41, 5.74) is 0.474. The number of thiazole rings is 1. The van der Waals surface area contributed by atoms with E-state index in [2.05, 4.69) is 25.6 Å². The zero-order valence-corrected chi connectivity index (χ0v) is 21.2. The van der Waals surface area contributed by atoms with E-state index in [-0.39, 0.29) is 34.2 Å². The number of ether oxygens (including phenoxy) is 1. The molecule has 0 aliphatic carbocycles. The SMILES string of the molecule is CCO[C@@H]1CN(c2nc(C(=O)NC(C)CO)c(C(=O)O)s2)CC[C@@H]1NC(=O)c1nc(Cl)c(CC)[nH]1. The standard InChI is InChI=1S/C21H29ClN6O6S/c1-4-11-16(22)27-17(24-11)19(31)25-12-6-7-28(8-13(12)34-5-2)21-26-14(15(35-21)20(32)33)18(30)23-10(3)9-29/h10,12-13,29H,4-9H2,1-3H3,(H,23,30)(H,24,27)(H,25,31)(H,32,33)/t10?,12-,13+/m0/s1. The molecule has 0 bridgehead atoms. The van der Waals surface area contributed by atoms with Gasteiger partial charge in [0.15, 0.2) is 21.8 Å². The number of amides is 2. The molecule has 3 rings (SSSR count). The highest BCUT2D eigenvalue weighted by Crippen LogP contribution is 2.30. The molecule has 0 saturated carbocycles. The summed E-state index contributed by atoms with van der Waals surface area (Å²) in [5, 5.41) is 24.8. The smallest absolute Gasteiger partial charge is 0.348 e. The van der Waals surface area contributed by atoms with Gasteiger partial charge in [-0.2, -0.15) is 0 Å². The van der Waals surface area contributed by atoms with Crippen molar-refractivity contribution in [3.8, 4) is 0 Å². The third-order valence-corrected chi connectivity index (χ3v) is 6.92. The number of carboxylic acid groups (broad SMARTS) is 1. The number of aromatic amines is 1. The van der Waals surface area contributed by atoms with Crippen LogP contribution in [-0.2, 0) is 11.2 Å². The lowest BCUT2D eigenvalue weighted by atomic mass is 10.0. The van der Waals surface area contributed by atoms with Gasteiger partial charge in [-0.15, -0.1) is 0 Å². The molecular weight excluding hydrogens is 500 g/mol. The fraction of sp³-hybridized carbons (Fsp3) is 0.571. The number of aryl methyl sites for hydroxylation is 1. The summed E-state index contributed by atoms with van der Waals surface area (Å²) in [6.45, 7) is 6.24. The summed E-state index contributed by atoms with van der Waals surface area (Å²) in [5.74, 6) is -2.20. The molecule has 0 radical (unpaired) electrons. The number of carbonyl (C=O) groups excluding carboxylic acids is 2. The Hall–Kier alpha value is -2.74. The minimum atomic E-state index is -1.26. The Morgan fingerprint density at radius 1 is 1.31 bits per heavy atom. The lowest BCUT2D eigenvalue weighted by Crippen LogP contribution is -2.55. The van der Waals surface area contributed by atoms with Gasteiger partial charge in [-0.3, -0.25) is 9.59 Å². The van der Waals surface area contributed by atoms with Gasteiger partial charge < -0.3 is 35.5 Å². The molecule has 1 unspecified atom stereocenters. The number of nitrogens with one attached hydrogen (secondary N) is 3. The predicted molar refractivity (Wildman–Crippen MR) is 130 cm³/mol. The van der Waals surface area contributed by atoms with Crippen LogP contribution in [0.3, 0.4) is 0 Å². The molecule has 3 atom stereocenters. The van der Waals surface area contributed by atoms with Crippen LogP contribution < -0.4 is 15.5 Å². The normalized spacial score (nSPS) is 18.8. The second-order valence-corrected chi connectivity index (χ2v) is 9.39. The van der Waals surface area contributed by atoms with Crippen LogP contribution in [0.4, 0.5) is 5.13 Å². The molecule has 0 spiro atoms. The van der Waals surface area contributed by atoms with E-state index < -0.39 is 29.9 Å². The molecule has 0 aromatic carbocycles. The second-order valence-electron chi connectivity index (χ2n) is 8.05. The average Bonchev–Trinajstić information content (AvgIpc) is 3.44. The lowest BCUT2D eigenvalue weighted by Gasteiger charge is -2.38. The maximum absolute atomic E-state index is 12.7. The maximum Gasteiger partial charge on any atom is 0.348 e. The van der Waals surface area contributed by atoms with E-state index in [9.17, 15) is 24.6 Å². The minimum Gasteiger partial charge on any atom is -0.477 e. The minimum absolute atomic E-state index is 0.128. The van der Waals surface area contributed by atoms with Crippen molar-refractivity contribution in [1.82, 2.24) is 25.6 Å². The van der Waals surface area contributed by atoms with E-state index in [1.165, 1.54) is 0 Å². The third kappa shape index (κ3) is 6.28. The molecule has 14 heteroatoms. The van der Waals surface area contributed by atoms with Crippen molar-refractivity contribution in [2.45, 2.75) is 51.8 Å². The molecule has 2 aromatic rings. The topological polar surface area (TPSA) is 170 Å². The van der Waals surface area contributed by atoms with Gasteiger partial charge >= 0.3 is 5.97 Å². The van der Waals surface area contributed by atoms with Crippen molar-refractivity contribution in [2.75, 3.05) is 31.2 Å². The van der Waals surface area contributed by atoms with E-state index in [1.807, 2.05) is 18.7 Å². The van der Waals surface area contributed by atoms with E-state index >= 15 is 0 Å². The first-order valence-corrected chi connectivity index (χ1v) is 12.4. The van der Waals surface area contributed by atoms with E-state index in [4.69, 9.17) is 16.3 Å². The zero-order chi connectivity index (χ0) is 25.7. The fourth-order valence-corrected chi connectivity index (χ4v) is 4.89. The number of imidazole rings is 1. The Labute approximate surface area is 211 Å². The average molecular weight is 529 g/mol.